The molecular weight excluding hydrogens is 431 g/mol. The number of benzene rings is 2. The number of aromatic nitrogens is 1. The molecule has 6 nitrogen and oxygen atoms in total. The maximum Gasteiger partial charge on any atom is 0.257 e. The lowest BCUT2D eigenvalue weighted by Crippen LogP contribution is -2.13. The second-order valence-corrected chi connectivity index (χ2v) is 9.21. The first-order valence-corrected chi connectivity index (χ1v) is 11.3. The molecular formula is C21H20ClFN2O4S. The molecule has 0 bridgehead atoms. The summed E-state index contributed by atoms with van der Waals surface area (Å²) >= 11 is 6.21. The minimum absolute atomic E-state index is 0.143. The Morgan fingerprint density at radius 2 is 1.83 bits per heavy atom. The van der Waals surface area contributed by atoms with Crippen LogP contribution in [-0.2, 0) is 16.3 Å². The number of nitrogens with zero attached hydrogens (tertiary/aromatic N) is 1. The molecule has 0 fully saturated rings. The Morgan fingerprint density at radius 1 is 1.17 bits per heavy atom. The molecule has 30 heavy (non-hydrogen) atoms. The number of aliphatic hydroxyl groups is 1. The Bertz CT molecular complexity index is 1200. The average molecular weight is 451 g/mol. The van der Waals surface area contributed by atoms with E-state index in [0.717, 1.165) is 6.26 Å². The first kappa shape index (κ1) is 22.0. The summed E-state index contributed by atoms with van der Waals surface area (Å²) < 4.78 is 38.3. The molecule has 1 aromatic heterocycles. The van der Waals surface area contributed by atoms with E-state index in [1.807, 2.05) is 0 Å². The van der Waals surface area contributed by atoms with E-state index in [1.54, 1.807) is 17.6 Å². The number of nitrogens with one attached hydrogen (secondary N) is 1. The largest absolute Gasteiger partial charge is 0.396 e. The van der Waals surface area contributed by atoms with Crippen molar-refractivity contribution >= 4 is 33.0 Å². The quantitative estimate of drug-likeness (QED) is 0.598. The number of halogens is 2. The van der Waals surface area contributed by atoms with Gasteiger partial charge in [-0.3, -0.25) is 4.79 Å². The first-order valence-electron chi connectivity index (χ1n) is 9.01. The van der Waals surface area contributed by atoms with Gasteiger partial charge >= 0.3 is 0 Å². The lowest BCUT2D eigenvalue weighted by atomic mass is 10.2. The lowest BCUT2D eigenvalue weighted by Gasteiger charge is -2.13. The van der Waals surface area contributed by atoms with E-state index in [4.69, 9.17) is 11.6 Å². The Labute approximate surface area is 178 Å². The topological polar surface area (TPSA) is 88.4 Å². The molecule has 0 saturated carbocycles. The van der Waals surface area contributed by atoms with E-state index in [2.05, 4.69) is 5.32 Å². The fraction of sp³-hybridized carbons (Fsp3) is 0.190. The normalized spacial score (nSPS) is 11.5. The number of anilines is 1. The zero-order valence-corrected chi connectivity index (χ0v) is 17.9. The van der Waals surface area contributed by atoms with Crippen LogP contribution in [0.3, 0.4) is 0 Å². The standard InChI is InChI=1S/C21H20ClFN2O4S/c1-13-18(21(27)24-15-4-6-17(7-5-15)30(2,28)29)12-16(9-10-26)25(13)20-8-3-14(23)11-19(20)22/h3-8,11-12,26H,9-10H2,1-2H3,(H,24,27). The first-order chi connectivity index (χ1) is 14.1. The molecule has 2 aromatic carbocycles. The fourth-order valence-corrected chi connectivity index (χ4v) is 4.06. The van der Waals surface area contributed by atoms with Crippen LogP contribution in [0.4, 0.5) is 10.1 Å². The van der Waals surface area contributed by atoms with E-state index in [1.165, 1.54) is 42.5 Å². The van der Waals surface area contributed by atoms with Crippen molar-refractivity contribution < 1.29 is 22.7 Å². The van der Waals surface area contributed by atoms with Gasteiger partial charge in [0.25, 0.3) is 5.91 Å². The van der Waals surface area contributed by atoms with Crippen LogP contribution in [0.2, 0.25) is 5.02 Å². The van der Waals surface area contributed by atoms with Crippen molar-refractivity contribution in [2.75, 3.05) is 18.2 Å². The van der Waals surface area contributed by atoms with E-state index < -0.39 is 21.6 Å². The number of rotatable bonds is 6. The maximum absolute atomic E-state index is 13.5. The summed E-state index contributed by atoms with van der Waals surface area (Å²) in [6.07, 6.45) is 1.38. The van der Waals surface area contributed by atoms with Crippen LogP contribution in [0.15, 0.2) is 53.4 Å². The van der Waals surface area contributed by atoms with Crippen LogP contribution in [0.5, 0.6) is 0 Å². The van der Waals surface area contributed by atoms with Crippen molar-refractivity contribution in [3.63, 3.8) is 0 Å². The summed E-state index contributed by atoms with van der Waals surface area (Å²) in [6, 6.07) is 11.5. The van der Waals surface area contributed by atoms with Gasteiger partial charge in [0.1, 0.15) is 5.82 Å². The van der Waals surface area contributed by atoms with Gasteiger partial charge < -0.3 is 15.0 Å². The number of aliphatic hydroxyl groups excluding tert-OH is 1. The van der Waals surface area contributed by atoms with Crippen molar-refractivity contribution in [1.82, 2.24) is 4.57 Å². The Kier molecular flexibility index (Phi) is 6.30. The van der Waals surface area contributed by atoms with E-state index in [-0.39, 0.29) is 22.9 Å². The third-order valence-corrected chi connectivity index (χ3v) is 6.06. The van der Waals surface area contributed by atoms with Gasteiger partial charge in [-0.2, -0.15) is 0 Å². The Balaban J connectivity index is 1.97. The summed E-state index contributed by atoms with van der Waals surface area (Å²) in [7, 11) is -3.33. The molecule has 0 aliphatic heterocycles. The predicted octanol–water partition coefficient (Wildman–Crippen LogP) is 3.77. The second-order valence-electron chi connectivity index (χ2n) is 6.79. The number of sulfone groups is 1. The smallest absolute Gasteiger partial charge is 0.257 e. The van der Waals surface area contributed by atoms with Gasteiger partial charge in [0.15, 0.2) is 9.84 Å². The van der Waals surface area contributed by atoms with Crippen LogP contribution < -0.4 is 5.32 Å². The van der Waals surface area contributed by atoms with Gasteiger partial charge in [-0.1, -0.05) is 11.6 Å². The van der Waals surface area contributed by atoms with Gasteiger partial charge in [0.05, 0.1) is 21.2 Å². The van der Waals surface area contributed by atoms with E-state index in [9.17, 15) is 22.7 Å². The summed E-state index contributed by atoms with van der Waals surface area (Å²) in [5.41, 5.74) is 2.49. The van der Waals surface area contributed by atoms with Crippen LogP contribution in [-0.4, -0.2) is 36.9 Å². The molecule has 0 spiro atoms. The lowest BCUT2D eigenvalue weighted by molar-refractivity contribution is 0.102. The van der Waals surface area contributed by atoms with E-state index >= 15 is 0 Å². The molecule has 2 N–H and O–H groups in total. The molecule has 3 rings (SSSR count). The van der Waals surface area contributed by atoms with Crippen LogP contribution in [0.1, 0.15) is 21.7 Å². The molecule has 0 radical (unpaired) electrons. The van der Waals surface area contributed by atoms with Crippen molar-refractivity contribution in [1.29, 1.82) is 0 Å². The number of amides is 1. The zero-order valence-electron chi connectivity index (χ0n) is 16.3. The highest BCUT2D eigenvalue weighted by atomic mass is 35.5. The molecule has 3 aromatic rings. The Hall–Kier alpha value is -2.68. The van der Waals surface area contributed by atoms with Crippen molar-refractivity contribution in [2.45, 2.75) is 18.2 Å². The summed E-state index contributed by atoms with van der Waals surface area (Å²) in [5, 5.41) is 12.3. The third-order valence-electron chi connectivity index (χ3n) is 4.63. The molecule has 0 saturated heterocycles. The number of carbonyl (C=O) groups excluding carboxylic acids is 1. The van der Waals surface area contributed by atoms with Crippen molar-refractivity contribution in [2.24, 2.45) is 0 Å². The van der Waals surface area contributed by atoms with Crippen LogP contribution in [0.25, 0.3) is 5.69 Å². The molecule has 0 aliphatic carbocycles. The van der Waals surface area contributed by atoms with Crippen molar-refractivity contribution in [3.05, 3.63) is 76.3 Å². The SMILES string of the molecule is Cc1c(C(=O)Nc2ccc(S(C)(=O)=O)cc2)cc(CCO)n1-c1ccc(F)cc1Cl. The Morgan fingerprint density at radius 3 is 2.40 bits per heavy atom. The summed E-state index contributed by atoms with van der Waals surface area (Å²) in [4.78, 5) is 13.0. The number of hydrogen-bond acceptors (Lipinski definition) is 4. The second kappa shape index (κ2) is 8.59. The molecule has 0 atom stereocenters. The highest BCUT2D eigenvalue weighted by Gasteiger charge is 2.20. The molecule has 0 unspecified atom stereocenters. The molecule has 9 heteroatoms. The molecule has 1 amide bonds. The van der Waals surface area contributed by atoms with Gasteiger partial charge in [0.2, 0.25) is 0 Å². The van der Waals surface area contributed by atoms with Gasteiger partial charge in [-0.05, 0) is 55.5 Å². The minimum Gasteiger partial charge on any atom is -0.396 e. The molecule has 0 aliphatic rings. The minimum atomic E-state index is -3.33. The van der Waals surface area contributed by atoms with Gasteiger partial charge in [-0.25, -0.2) is 12.8 Å². The van der Waals surface area contributed by atoms with Gasteiger partial charge in [0, 0.05) is 36.4 Å². The van der Waals surface area contributed by atoms with Crippen LogP contribution >= 0.6 is 11.6 Å². The molecule has 158 valence electrons. The molecule has 1 heterocycles. The average Bonchev–Trinajstić information content (AvgIpc) is 2.98. The summed E-state index contributed by atoms with van der Waals surface area (Å²) in [5.74, 6) is -0.886. The monoisotopic (exact) mass is 450 g/mol. The summed E-state index contributed by atoms with van der Waals surface area (Å²) in [6.45, 7) is 1.58. The highest BCUT2D eigenvalue weighted by Crippen LogP contribution is 2.28. The maximum atomic E-state index is 13.5. The fourth-order valence-electron chi connectivity index (χ4n) is 3.18. The van der Waals surface area contributed by atoms with Crippen molar-refractivity contribution in [3.8, 4) is 5.69 Å². The number of carbonyl (C=O) groups is 1. The predicted molar refractivity (Wildman–Crippen MR) is 114 cm³/mol. The van der Waals surface area contributed by atoms with Gasteiger partial charge in [-0.15, -0.1) is 0 Å². The van der Waals surface area contributed by atoms with Crippen LogP contribution in [0, 0.1) is 12.7 Å². The zero-order chi connectivity index (χ0) is 22.1. The highest BCUT2D eigenvalue weighted by molar-refractivity contribution is 7.90. The number of hydrogen-bond donors (Lipinski definition) is 2. The van der Waals surface area contributed by atoms with E-state index in [0.29, 0.717) is 28.3 Å². The third kappa shape index (κ3) is 4.56.